The summed E-state index contributed by atoms with van der Waals surface area (Å²) in [6.07, 6.45) is 7.25. The molecule has 1 atom stereocenters. The highest BCUT2D eigenvalue weighted by Crippen LogP contribution is 2.25. The van der Waals surface area contributed by atoms with Gasteiger partial charge in [0, 0.05) is 37.6 Å². The molecule has 1 amide bonds. The van der Waals surface area contributed by atoms with E-state index in [1.54, 1.807) is 18.5 Å². The molecule has 0 aliphatic carbocycles. The number of nitrogens with one attached hydrogen (secondary N) is 2. The zero-order chi connectivity index (χ0) is 13.2. The highest BCUT2D eigenvalue weighted by Gasteiger charge is 2.27. The van der Waals surface area contributed by atoms with Crippen LogP contribution in [0.25, 0.3) is 0 Å². The van der Waals surface area contributed by atoms with E-state index in [1.807, 2.05) is 11.1 Å². The Bertz CT molecular complexity index is 563. The van der Waals surface area contributed by atoms with Gasteiger partial charge in [-0.25, -0.2) is 4.98 Å². The number of likely N-dealkylation sites (tertiary alicyclic amines) is 1. The number of imidazole rings is 1. The molecule has 1 fully saturated rings. The molecule has 0 aromatic carbocycles. The number of hydrogen-bond acceptors (Lipinski definition) is 2. The molecule has 1 aliphatic rings. The van der Waals surface area contributed by atoms with Gasteiger partial charge < -0.3 is 14.9 Å². The Kier molecular flexibility index (Phi) is 3.29. The third kappa shape index (κ3) is 2.51. The maximum Gasteiger partial charge on any atom is 0.270 e. The maximum atomic E-state index is 12.3. The molecule has 3 heterocycles. The minimum atomic E-state index is 0.00292. The van der Waals surface area contributed by atoms with Gasteiger partial charge in [0.2, 0.25) is 0 Å². The Morgan fingerprint density at radius 3 is 3.05 bits per heavy atom. The fourth-order valence-electron chi connectivity index (χ4n) is 2.55. The van der Waals surface area contributed by atoms with E-state index in [2.05, 4.69) is 15.0 Å². The number of carbonyl (C=O) groups excluding carboxylic acids is 1. The van der Waals surface area contributed by atoms with Crippen molar-refractivity contribution in [2.45, 2.75) is 18.8 Å². The Hall–Kier alpha value is -1.75. The molecule has 0 bridgehead atoms. The molecular weight excluding hydrogens is 264 g/mol. The van der Waals surface area contributed by atoms with Crippen molar-refractivity contribution >= 4 is 17.5 Å². The smallest absolute Gasteiger partial charge is 0.270 e. The maximum absolute atomic E-state index is 12.3. The minimum Gasteiger partial charge on any atom is -0.356 e. The van der Waals surface area contributed by atoms with E-state index >= 15 is 0 Å². The first kappa shape index (κ1) is 12.3. The first-order valence-corrected chi connectivity index (χ1v) is 6.74. The fourth-order valence-corrected chi connectivity index (χ4v) is 2.71. The summed E-state index contributed by atoms with van der Waals surface area (Å²) in [6.45, 7) is 1.48. The molecule has 0 spiro atoms. The van der Waals surface area contributed by atoms with Crippen LogP contribution in [-0.2, 0) is 0 Å². The average molecular weight is 279 g/mol. The molecule has 0 radical (unpaired) electrons. The minimum absolute atomic E-state index is 0.00292. The molecule has 0 unspecified atom stereocenters. The lowest BCUT2D eigenvalue weighted by atomic mass is 9.97. The standard InChI is InChI=1S/C13H15ClN4O/c14-10-6-11(17-7-10)13(19)18-5-1-2-9(8-18)12-15-3-4-16-12/h3-4,6-7,9,17H,1-2,5,8H2,(H,15,16)/t9-/m0/s1. The van der Waals surface area contributed by atoms with Gasteiger partial charge >= 0.3 is 0 Å². The normalized spacial score (nSPS) is 19.6. The van der Waals surface area contributed by atoms with Crippen molar-refractivity contribution in [3.63, 3.8) is 0 Å². The Morgan fingerprint density at radius 2 is 2.37 bits per heavy atom. The van der Waals surface area contributed by atoms with Crippen molar-refractivity contribution in [3.8, 4) is 0 Å². The van der Waals surface area contributed by atoms with E-state index in [0.717, 1.165) is 25.2 Å². The number of halogens is 1. The van der Waals surface area contributed by atoms with Gasteiger partial charge in [-0.1, -0.05) is 11.6 Å². The van der Waals surface area contributed by atoms with Crippen LogP contribution in [0.15, 0.2) is 24.7 Å². The number of nitrogens with zero attached hydrogens (tertiary/aromatic N) is 2. The van der Waals surface area contributed by atoms with E-state index in [1.165, 1.54) is 0 Å². The second-order valence-corrected chi connectivity index (χ2v) is 5.23. The number of H-pyrrole nitrogens is 2. The van der Waals surface area contributed by atoms with Crippen LogP contribution in [0.1, 0.15) is 35.1 Å². The van der Waals surface area contributed by atoms with Gasteiger partial charge in [0.05, 0.1) is 5.02 Å². The monoisotopic (exact) mass is 278 g/mol. The summed E-state index contributed by atoms with van der Waals surface area (Å²) in [5.41, 5.74) is 0.546. The number of aromatic amines is 2. The second kappa shape index (κ2) is 5.09. The fraction of sp³-hybridized carbons (Fsp3) is 0.385. The van der Waals surface area contributed by atoms with Gasteiger partial charge in [-0.3, -0.25) is 4.79 Å². The van der Waals surface area contributed by atoms with Crippen molar-refractivity contribution in [2.24, 2.45) is 0 Å². The molecule has 2 aromatic heterocycles. The highest BCUT2D eigenvalue weighted by atomic mass is 35.5. The summed E-state index contributed by atoms with van der Waals surface area (Å²) in [5, 5.41) is 0.558. The van der Waals surface area contributed by atoms with Crippen molar-refractivity contribution in [2.75, 3.05) is 13.1 Å². The lowest BCUT2D eigenvalue weighted by Gasteiger charge is -2.31. The molecule has 1 aliphatic heterocycles. The lowest BCUT2D eigenvalue weighted by molar-refractivity contribution is 0.0699. The van der Waals surface area contributed by atoms with Crippen LogP contribution in [0.3, 0.4) is 0 Å². The molecule has 0 saturated carbocycles. The number of aromatic nitrogens is 3. The zero-order valence-corrected chi connectivity index (χ0v) is 11.2. The average Bonchev–Trinajstić information content (AvgIpc) is 3.09. The number of hydrogen-bond donors (Lipinski definition) is 2. The number of rotatable bonds is 2. The van der Waals surface area contributed by atoms with Crippen LogP contribution in [0.2, 0.25) is 5.02 Å². The Balaban J connectivity index is 1.73. The van der Waals surface area contributed by atoms with Crippen molar-refractivity contribution in [1.82, 2.24) is 19.9 Å². The van der Waals surface area contributed by atoms with Crippen molar-refractivity contribution in [3.05, 3.63) is 41.2 Å². The summed E-state index contributed by atoms with van der Waals surface area (Å²) in [7, 11) is 0. The number of piperidine rings is 1. The Morgan fingerprint density at radius 1 is 1.47 bits per heavy atom. The summed E-state index contributed by atoms with van der Waals surface area (Å²) in [6, 6.07) is 1.67. The molecule has 19 heavy (non-hydrogen) atoms. The topological polar surface area (TPSA) is 64.8 Å². The van der Waals surface area contributed by atoms with Gasteiger partial charge in [-0.2, -0.15) is 0 Å². The molecule has 5 nitrogen and oxygen atoms in total. The molecule has 2 aromatic rings. The van der Waals surface area contributed by atoms with Crippen molar-refractivity contribution in [1.29, 1.82) is 0 Å². The SMILES string of the molecule is O=C(c1cc(Cl)c[nH]1)N1CCC[C@H](c2ncc[nH]2)C1. The van der Waals surface area contributed by atoms with Crippen LogP contribution in [0.4, 0.5) is 0 Å². The third-order valence-corrected chi connectivity index (χ3v) is 3.71. The molecule has 1 saturated heterocycles. The van der Waals surface area contributed by atoms with E-state index in [-0.39, 0.29) is 11.8 Å². The van der Waals surface area contributed by atoms with Crippen LogP contribution in [-0.4, -0.2) is 38.8 Å². The van der Waals surface area contributed by atoms with Gasteiger partial charge in [0.1, 0.15) is 11.5 Å². The molecule has 2 N–H and O–H groups in total. The summed E-state index contributed by atoms with van der Waals surface area (Å²) in [5.74, 6) is 1.25. The van der Waals surface area contributed by atoms with Crippen LogP contribution >= 0.6 is 11.6 Å². The first-order valence-electron chi connectivity index (χ1n) is 6.36. The first-order chi connectivity index (χ1) is 9.24. The molecule has 3 rings (SSSR count). The Labute approximate surface area is 116 Å². The van der Waals surface area contributed by atoms with Gasteiger partial charge in [0.15, 0.2) is 0 Å². The van der Waals surface area contributed by atoms with Crippen LogP contribution in [0, 0.1) is 0 Å². The second-order valence-electron chi connectivity index (χ2n) is 4.80. The molecule has 6 heteroatoms. The number of carbonyl (C=O) groups is 1. The quantitative estimate of drug-likeness (QED) is 0.886. The molecule has 100 valence electrons. The van der Waals surface area contributed by atoms with Gasteiger partial charge in [-0.05, 0) is 18.9 Å². The van der Waals surface area contributed by atoms with Crippen LogP contribution < -0.4 is 0 Å². The highest BCUT2D eigenvalue weighted by molar-refractivity contribution is 6.30. The van der Waals surface area contributed by atoms with Gasteiger partial charge in [-0.15, -0.1) is 0 Å². The zero-order valence-electron chi connectivity index (χ0n) is 10.4. The summed E-state index contributed by atoms with van der Waals surface area (Å²) in [4.78, 5) is 24.5. The summed E-state index contributed by atoms with van der Waals surface area (Å²) < 4.78 is 0. The molecular formula is C13H15ClN4O. The predicted octanol–water partition coefficient (Wildman–Crippen LogP) is 2.41. The largest absolute Gasteiger partial charge is 0.356 e. The van der Waals surface area contributed by atoms with E-state index in [0.29, 0.717) is 17.3 Å². The summed E-state index contributed by atoms with van der Waals surface area (Å²) >= 11 is 5.84. The third-order valence-electron chi connectivity index (χ3n) is 3.49. The lowest BCUT2D eigenvalue weighted by Crippen LogP contribution is -2.39. The van der Waals surface area contributed by atoms with Crippen LogP contribution in [0.5, 0.6) is 0 Å². The van der Waals surface area contributed by atoms with Crippen molar-refractivity contribution < 1.29 is 4.79 Å². The van der Waals surface area contributed by atoms with Gasteiger partial charge in [0.25, 0.3) is 5.91 Å². The number of amides is 1. The predicted molar refractivity (Wildman–Crippen MR) is 72.3 cm³/mol. The van der Waals surface area contributed by atoms with E-state index in [4.69, 9.17) is 11.6 Å². The van der Waals surface area contributed by atoms with E-state index < -0.39 is 0 Å². The van der Waals surface area contributed by atoms with E-state index in [9.17, 15) is 4.79 Å².